The van der Waals surface area contributed by atoms with Gasteiger partial charge in [-0.1, -0.05) is 57.9 Å². The van der Waals surface area contributed by atoms with Crippen LogP contribution in [0.2, 0.25) is 0 Å². The van der Waals surface area contributed by atoms with Gasteiger partial charge in [0.25, 0.3) is 0 Å². The van der Waals surface area contributed by atoms with Crippen molar-refractivity contribution in [3.05, 3.63) is 23.3 Å². The first-order chi connectivity index (χ1) is 16.5. The maximum Gasteiger partial charge on any atom is 0.508 e. The van der Waals surface area contributed by atoms with Crippen LogP contribution in [0.25, 0.3) is 0 Å². The minimum Gasteiger partial charge on any atom is -0.438 e. The third-order valence-corrected chi connectivity index (χ3v) is 10.4. The average molecular weight is 489 g/mol. The predicted octanol–water partition coefficient (Wildman–Crippen LogP) is 5.64. The first-order valence-electron chi connectivity index (χ1n) is 13.6. The van der Waals surface area contributed by atoms with Crippen LogP contribution in [0.5, 0.6) is 0 Å². The summed E-state index contributed by atoms with van der Waals surface area (Å²) in [6.07, 6.45) is 8.58. The molecule has 196 valence electrons. The Morgan fingerprint density at radius 1 is 1.09 bits per heavy atom. The lowest BCUT2D eigenvalue weighted by Gasteiger charge is -2.57. The van der Waals surface area contributed by atoms with Gasteiger partial charge in [-0.2, -0.15) is 0 Å². The fourth-order valence-corrected chi connectivity index (χ4v) is 8.46. The molecule has 1 N–H and O–H groups in total. The van der Waals surface area contributed by atoms with E-state index in [0.717, 1.165) is 26.1 Å². The highest BCUT2D eigenvalue weighted by Gasteiger charge is 2.60. The van der Waals surface area contributed by atoms with E-state index < -0.39 is 12.3 Å². The van der Waals surface area contributed by atoms with Crippen LogP contribution in [0, 0.1) is 39.9 Å². The summed E-state index contributed by atoms with van der Waals surface area (Å²) in [5.41, 5.74) is 2.71. The van der Waals surface area contributed by atoms with Crippen molar-refractivity contribution in [2.24, 2.45) is 39.9 Å². The summed E-state index contributed by atoms with van der Waals surface area (Å²) in [5.74, 6) is 1.73. The second-order valence-electron chi connectivity index (χ2n) is 13.1. The van der Waals surface area contributed by atoms with E-state index in [9.17, 15) is 9.90 Å². The maximum absolute atomic E-state index is 12.1. The summed E-state index contributed by atoms with van der Waals surface area (Å²) < 4.78 is 23.1. The molecule has 5 rings (SSSR count). The zero-order chi connectivity index (χ0) is 25.2. The van der Waals surface area contributed by atoms with Crippen LogP contribution >= 0.6 is 0 Å². The molecule has 8 atom stereocenters. The highest BCUT2D eigenvalue weighted by atomic mass is 16.7. The highest BCUT2D eigenvalue weighted by Crippen LogP contribution is 2.66. The Labute approximate surface area is 210 Å². The molecule has 1 aliphatic heterocycles. The summed E-state index contributed by atoms with van der Waals surface area (Å²) in [6.45, 7) is 13.0. The number of ether oxygens (including phenoxy) is 4. The topological polar surface area (TPSA) is 74.2 Å². The Balaban J connectivity index is 1.40. The van der Waals surface area contributed by atoms with E-state index in [-0.39, 0.29) is 28.6 Å². The summed E-state index contributed by atoms with van der Waals surface area (Å²) in [6, 6.07) is 0. The molecule has 3 unspecified atom stereocenters. The zero-order valence-corrected chi connectivity index (χ0v) is 22.3. The van der Waals surface area contributed by atoms with Gasteiger partial charge in [-0.25, -0.2) is 4.79 Å². The molecule has 0 bridgehead atoms. The number of hydrogen-bond acceptors (Lipinski definition) is 6. The molecule has 0 radical (unpaired) electrons. The minimum atomic E-state index is -0.660. The van der Waals surface area contributed by atoms with Gasteiger partial charge in [-0.05, 0) is 55.3 Å². The van der Waals surface area contributed by atoms with Crippen LogP contribution in [-0.2, 0) is 18.9 Å². The van der Waals surface area contributed by atoms with Gasteiger partial charge < -0.3 is 24.1 Å². The largest absolute Gasteiger partial charge is 0.508 e. The summed E-state index contributed by atoms with van der Waals surface area (Å²) in [7, 11) is 1.35. The van der Waals surface area contributed by atoms with Gasteiger partial charge in [-0.3, -0.25) is 0 Å². The molecule has 0 spiro atoms. The fraction of sp³-hybridized carbons (Fsp3) is 0.828. The Kier molecular flexibility index (Phi) is 6.42. The molecule has 5 aliphatic rings. The number of aliphatic hydroxyl groups is 1. The van der Waals surface area contributed by atoms with Gasteiger partial charge >= 0.3 is 6.16 Å². The first kappa shape index (κ1) is 25.3. The number of hydrogen-bond donors (Lipinski definition) is 1. The molecule has 0 aromatic rings. The van der Waals surface area contributed by atoms with E-state index in [4.69, 9.17) is 18.9 Å². The number of rotatable bonds is 3. The molecule has 6 nitrogen and oxygen atoms in total. The number of aliphatic hydroxyl groups excluding tert-OH is 1. The average Bonchev–Trinajstić information content (AvgIpc) is 3.16. The van der Waals surface area contributed by atoms with E-state index >= 15 is 0 Å². The molecule has 1 saturated heterocycles. The predicted molar refractivity (Wildman–Crippen MR) is 132 cm³/mol. The Morgan fingerprint density at radius 2 is 1.80 bits per heavy atom. The number of carbonyl (C=O) groups is 1. The first-order valence-corrected chi connectivity index (χ1v) is 13.6. The van der Waals surface area contributed by atoms with Crippen molar-refractivity contribution in [3.8, 4) is 0 Å². The quantitative estimate of drug-likeness (QED) is 0.518. The molecule has 6 heteroatoms. The molecule has 35 heavy (non-hydrogen) atoms. The molecule has 1 heterocycles. The maximum atomic E-state index is 12.1. The highest BCUT2D eigenvalue weighted by molar-refractivity contribution is 5.60. The molecule has 4 aliphatic carbocycles. The lowest BCUT2D eigenvalue weighted by molar-refractivity contribution is -0.252. The molecule has 4 fully saturated rings. The standard InChI is InChI=1S/C29H44O6/c1-17(25-33-15-27(2,3)16-34-25)21-9-10-22-20-8-7-18-13-19(30)14-24(35-26(31)32-6)29(18,5)23(20)11-12-28(21,22)4/h7-8,17,19,21-25,30H,9-16H2,1-6H3/t17?,19?,21-,22+,23+,24?,28-,29+/m1/s1. The van der Waals surface area contributed by atoms with E-state index in [1.165, 1.54) is 31.1 Å². The lowest BCUT2D eigenvalue weighted by atomic mass is 9.49. The van der Waals surface area contributed by atoms with Crippen molar-refractivity contribution in [1.29, 1.82) is 0 Å². The van der Waals surface area contributed by atoms with Gasteiger partial charge in [0, 0.05) is 23.2 Å². The van der Waals surface area contributed by atoms with Crippen molar-refractivity contribution < 1.29 is 28.8 Å². The second kappa shape index (κ2) is 8.88. The summed E-state index contributed by atoms with van der Waals surface area (Å²) in [4.78, 5) is 12.1. The summed E-state index contributed by atoms with van der Waals surface area (Å²) >= 11 is 0. The smallest absolute Gasteiger partial charge is 0.438 e. The van der Waals surface area contributed by atoms with Gasteiger partial charge in [0.15, 0.2) is 6.29 Å². The van der Waals surface area contributed by atoms with Crippen molar-refractivity contribution in [3.63, 3.8) is 0 Å². The second-order valence-corrected chi connectivity index (χ2v) is 13.1. The summed E-state index contributed by atoms with van der Waals surface area (Å²) in [5, 5.41) is 10.5. The third kappa shape index (κ3) is 4.08. The van der Waals surface area contributed by atoms with Crippen molar-refractivity contribution in [1.82, 2.24) is 0 Å². The Hall–Kier alpha value is -1.37. The van der Waals surface area contributed by atoms with Gasteiger partial charge in [0.1, 0.15) is 6.10 Å². The van der Waals surface area contributed by atoms with Crippen LogP contribution in [0.4, 0.5) is 4.79 Å². The number of carbonyl (C=O) groups excluding carboxylic acids is 1. The van der Waals surface area contributed by atoms with Crippen LogP contribution < -0.4 is 0 Å². The van der Waals surface area contributed by atoms with Gasteiger partial charge in [0.2, 0.25) is 0 Å². The van der Waals surface area contributed by atoms with Crippen LogP contribution in [-0.4, -0.2) is 50.1 Å². The molecule has 0 aromatic heterocycles. The van der Waals surface area contributed by atoms with Crippen molar-refractivity contribution in [2.45, 2.75) is 91.6 Å². The van der Waals surface area contributed by atoms with Crippen molar-refractivity contribution in [2.75, 3.05) is 20.3 Å². The Bertz CT molecular complexity index is 897. The molecule has 0 aromatic carbocycles. The lowest BCUT2D eigenvalue weighted by Crippen LogP contribution is -2.54. The normalized spacial score (nSPS) is 43.7. The number of fused-ring (bicyclic) bond motifs is 5. The van der Waals surface area contributed by atoms with Gasteiger partial charge in [0.05, 0.1) is 26.4 Å². The van der Waals surface area contributed by atoms with E-state index in [2.05, 4.69) is 46.8 Å². The Morgan fingerprint density at radius 3 is 2.49 bits per heavy atom. The van der Waals surface area contributed by atoms with Crippen LogP contribution in [0.3, 0.4) is 0 Å². The zero-order valence-electron chi connectivity index (χ0n) is 22.3. The molecular weight excluding hydrogens is 444 g/mol. The SMILES string of the molecule is COC(=O)OC1CC(O)CC2=CC=C3[C@@H]4CC[C@H](C(C)C5OCC(C)(C)CO5)[C@@]4(C)CC[C@@H]3[C@]21C. The third-order valence-electron chi connectivity index (χ3n) is 10.4. The number of allylic oxidation sites excluding steroid dienone is 3. The van der Waals surface area contributed by atoms with E-state index in [0.29, 0.717) is 36.5 Å². The number of methoxy groups -OCH3 is 1. The van der Waals surface area contributed by atoms with Gasteiger partial charge in [-0.15, -0.1) is 0 Å². The van der Waals surface area contributed by atoms with Crippen LogP contribution in [0.15, 0.2) is 23.3 Å². The molecule has 3 saturated carbocycles. The molecule has 0 amide bonds. The van der Waals surface area contributed by atoms with Crippen LogP contribution in [0.1, 0.15) is 73.1 Å². The minimum absolute atomic E-state index is 0.0825. The molecular formula is C29H44O6. The van der Waals surface area contributed by atoms with Crippen molar-refractivity contribution >= 4 is 6.16 Å². The van der Waals surface area contributed by atoms with E-state index in [1.807, 2.05) is 0 Å². The monoisotopic (exact) mass is 488 g/mol. The fourth-order valence-electron chi connectivity index (χ4n) is 8.46. The van der Waals surface area contributed by atoms with E-state index in [1.54, 1.807) is 0 Å².